The zero-order valence-electron chi connectivity index (χ0n) is 12.6. The maximum absolute atomic E-state index is 12.1. The van der Waals surface area contributed by atoms with Gasteiger partial charge in [0.25, 0.3) is 0 Å². The molecular formula is C14H21BrN2O4S. The summed E-state index contributed by atoms with van der Waals surface area (Å²) in [5.74, 6) is -0.364. The summed E-state index contributed by atoms with van der Waals surface area (Å²) in [6, 6.07) is 5.36. The van der Waals surface area contributed by atoms with Crippen molar-refractivity contribution >= 4 is 31.9 Å². The molecule has 1 aromatic rings. The summed E-state index contributed by atoms with van der Waals surface area (Å²) in [6.45, 7) is 5.06. The number of carbonyl (C=O) groups is 1. The highest BCUT2D eigenvalue weighted by Gasteiger charge is 2.21. The van der Waals surface area contributed by atoms with E-state index in [9.17, 15) is 13.2 Å². The van der Waals surface area contributed by atoms with E-state index < -0.39 is 16.1 Å². The number of amides is 1. The van der Waals surface area contributed by atoms with Gasteiger partial charge in [-0.1, -0.05) is 15.9 Å². The first-order valence-corrected chi connectivity index (χ1v) is 9.27. The van der Waals surface area contributed by atoms with Gasteiger partial charge in [-0.25, -0.2) is 8.42 Å². The van der Waals surface area contributed by atoms with Gasteiger partial charge < -0.3 is 10.1 Å². The van der Waals surface area contributed by atoms with Crippen LogP contribution in [-0.4, -0.2) is 40.1 Å². The van der Waals surface area contributed by atoms with Crippen LogP contribution in [0, 0.1) is 0 Å². The van der Waals surface area contributed by atoms with Gasteiger partial charge in [0.05, 0.1) is 10.9 Å². The van der Waals surface area contributed by atoms with Gasteiger partial charge in [0.1, 0.15) is 0 Å². The van der Waals surface area contributed by atoms with Crippen LogP contribution in [0.1, 0.15) is 20.3 Å². The number of ether oxygens (including phenoxy) is 1. The molecule has 124 valence electrons. The summed E-state index contributed by atoms with van der Waals surface area (Å²) >= 11 is 3.24. The molecule has 0 bridgehead atoms. The van der Waals surface area contributed by atoms with Crippen LogP contribution in [-0.2, 0) is 19.6 Å². The van der Waals surface area contributed by atoms with Crippen LogP contribution >= 0.6 is 15.9 Å². The van der Waals surface area contributed by atoms with Crippen molar-refractivity contribution in [1.82, 2.24) is 10.0 Å². The number of benzene rings is 1. The normalized spacial score (nSPS) is 12.9. The molecule has 1 rings (SSSR count). The van der Waals surface area contributed by atoms with Crippen LogP contribution in [0.3, 0.4) is 0 Å². The highest BCUT2D eigenvalue weighted by Crippen LogP contribution is 2.14. The van der Waals surface area contributed by atoms with Crippen molar-refractivity contribution in [3.8, 4) is 0 Å². The summed E-state index contributed by atoms with van der Waals surface area (Å²) in [5.41, 5.74) is 0. The Hall–Kier alpha value is -0.960. The molecule has 1 amide bonds. The van der Waals surface area contributed by atoms with Gasteiger partial charge in [0.2, 0.25) is 15.9 Å². The highest BCUT2D eigenvalue weighted by atomic mass is 79.9. The average Bonchev–Trinajstić information content (AvgIpc) is 2.46. The fourth-order valence-corrected chi connectivity index (χ4v) is 3.12. The Balaban J connectivity index is 2.50. The molecule has 0 radical (unpaired) electrons. The van der Waals surface area contributed by atoms with Crippen molar-refractivity contribution in [2.45, 2.75) is 31.2 Å². The molecule has 0 unspecified atom stereocenters. The van der Waals surface area contributed by atoms with E-state index in [-0.39, 0.29) is 10.8 Å². The molecule has 0 spiro atoms. The molecule has 2 N–H and O–H groups in total. The minimum atomic E-state index is -3.72. The molecule has 1 atom stereocenters. The number of nitrogens with one attached hydrogen (secondary N) is 2. The third-order valence-corrected chi connectivity index (χ3v) is 4.90. The summed E-state index contributed by atoms with van der Waals surface area (Å²) < 4.78 is 32.6. The fourth-order valence-electron chi connectivity index (χ4n) is 1.65. The molecule has 0 heterocycles. The van der Waals surface area contributed by atoms with Crippen LogP contribution < -0.4 is 10.0 Å². The van der Waals surface area contributed by atoms with Crippen molar-refractivity contribution in [3.05, 3.63) is 28.7 Å². The first-order chi connectivity index (χ1) is 10.4. The number of hydrogen-bond acceptors (Lipinski definition) is 4. The quantitative estimate of drug-likeness (QED) is 0.625. The second kappa shape index (κ2) is 9.24. The number of carbonyl (C=O) groups excluding carboxylic acids is 1. The predicted octanol–water partition coefficient (Wildman–Crippen LogP) is 1.66. The lowest BCUT2D eigenvalue weighted by Gasteiger charge is -2.14. The van der Waals surface area contributed by atoms with Crippen molar-refractivity contribution < 1.29 is 17.9 Å². The van der Waals surface area contributed by atoms with Crippen LogP contribution in [0.15, 0.2) is 33.6 Å². The molecular weight excluding hydrogens is 372 g/mol. The van der Waals surface area contributed by atoms with E-state index in [1.165, 1.54) is 19.1 Å². The van der Waals surface area contributed by atoms with Crippen LogP contribution in [0.4, 0.5) is 0 Å². The molecule has 0 aliphatic carbocycles. The SMILES string of the molecule is CCOCCCNC(=O)[C@@H](C)NS(=O)(=O)c1ccc(Br)cc1. The topological polar surface area (TPSA) is 84.5 Å². The minimum absolute atomic E-state index is 0.117. The maximum Gasteiger partial charge on any atom is 0.241 e. The first kappa shape index (κ1) is 19.1. The maximum atomic E-state index is 12.1. The van der Waals surface area contributed by atoms with Crippen molar-refractivity contribution in [2.75, 3.05) is 19.8 Å². The molecule has 6 nitrogen and oxygen atoms in total. The summed E-state index contributed by atoms with van der Waals surface area (Å²) in [7, 11) is -3.72. The standard InChI is InChI=1S/C14H21BrN2O4S/c1-3-21-10-4-9-16-14(18)11(2)17-22(19,20)13-7-5-12(15)6-8-13/h5-8,11,17H,3-4,9-10H2,1-2H3,(H,16,18)/t11-/m1/s1. The zero-order chi connectivity index (χ0) is 16.6. The van der Waals surface area contributed by atoms with Crippen LogP contribution in [0.2, 0.25) is 0 Å². The predicted molar refractivity (Wildman–Crippen MR) is 88.0 cm³/mol. The number of sulfonamides is 1. The average molecular weight is 393 g/mol. The molecule has 8 heteroatoms. The number of hydrogen-bond donors (Lipinski definition) is 2. The van der Waals surface area contributed by atoms with Gasteiger partial charge >= 0.3 is 0 Å². The third kappa shape index (κ3) is 6.43. The Bertz CT molecular complexity index is 575. The van der Waals surface area contributed by atoms with Gasteiger partial charge in [0.15, 0.2) is 0 Å². The Kier molecular flexibility index (Phi) is 8.02. The van der Waals surface area contributed by atoms with Crippen molar-refractivity contribution in [1.29, 1.82) is 0 Å². The summed E-state index contributed by atoms with van der Waals surface area (Å²) in [6.07, 6.45) is 0.686. The second-order valence-corrected chi connectivity index (χ2v) is 7.27. The van der Waals surface area contributed by atoms with E-state index in [4.69, 9.17) is 4.74 Å². The van der Waals surface area contributed by atoms with Gasteiger partial charge in [-0.15, -0.1) is 0 Å². The van der Waals surface area contributed by atoms with E-state index in [0.29, 0.717) is 26.2 Å². The van der Waals surface area contributed by atoms with Crippen LogP contribution in [0.25, 0.3) is 0 Å². The van der Waals surface area contributed by atoms with E-state index >= 15 is 0 Å². The monoisotopic (exact) mass is 392 g/mol. The number of halogens is 1. The highest BCUT2D eigenvalue weighted by molar-refractivity contribution is 9.10. The summed E-state index contributed by atoms with van der Waals surface area (Å²) in [4.78, 5) is 12.0. The summed E-state index contributed by atoms with van der Waals surface area (Å²) in [5, 5.41) is 2.67. The molecule has 0 aliphatic heterocycles. The molecule has 0 fully saturated rings. The second-order valence-electron chi connectivity index (χ2n) is 4.64. The van der Waals surface area contributed by atoms with E-state index in [1.54, 1.807) is 12.1 Å². The minimum Gasteiger partial charge on any atom is -0.382 e. The molecule has 1 aromatic carbocycles. The van der Waals surface area contributed by atoms with Crippen LogP contribution in [0.5, 0.6) is 0 Å². The van der Waals surface area contributed by atoms with Gasteiger partial charge in [-0.2, -0.15) is 4.72 Å². The smallest absolute Gasteiger partial charge is 0.241 e. The van der Waals surface area contributed by atoms with Crippen molar-refractivity contribution in [3.63, 3.8) is 0 Å². The fraction of sp³-hybridized carbons (Fsp3) is 0.500. The molecule has 0 saturated carbocycles. The van der Waals surface area contributed by atoms with E-state index in [2.05, 4.69) is 26.0 Å². The molecule has 0 aliphatic rings. The first-order valence-electron chi connectivity index (χ1n) is 7.00. The largest absolute Gasteiger partial charge is 0.382 e. The lowest BCUT2D eigenvalue weighted by Crippen LogP contribution is -2.45. The lowest BCUT2D eigenvalue weighted by molar-refractivity contribution is -0.122. The molecule has 0 saturated heterocycles. The van der Waals surface area contributed by atoms with E-state index in [0.717, 1.165) is 4.47 Å². The Morgan fingerprint density at radius 3 is 2.55 bits per heavy atom. The number of rotatable bonds is 9. The Morgan fingerprint density at radius 2 is 1.95 bits per heavy atom. The van der Waals surface area contributed by atoms with Gasteiger partial charge in [-0.05, 0) is 44.5 Å². The van der Waals surface area contributed by atoms with E-state index in [1.807, 2.05) is 6.92 Å². The lowest BCUT2D eigenvalue weighted by atomic mass is 10.3. The molecule has 22 heavy (non-hydrogen) atoms. The Labute approximate surface area is 139 Å². The zero-order valence-corrected chi connectivity index (χ0v) is 15.0. The van der Waals surface area contributed by atoms with Gasteiger partial charge in [-0.3, -0.25) is 4.79 Å². The third-order valence-electron chi connectivity index (χ3n) is 2.82. The van der Waals surface area contributed by atoms with Crippen molar-refractivity contribution in [2.24, 2.45) is 0 Å². The Morgan fingerprint density at radius 1 is 1.32 bits per heavy atom. The molecule has 0 aromatic heterocycles. The van der Waals surface area contributed by atoms with Gasteiger partial charge in [0, 0.05) is 24.2 Å².